The smallest absolute Gasteiger partial charge is 0.148 e. The van der Waals surface area contributed by atoms with Gasteiger partial charge in [0, 0.05) is 0 Å². The van der Waals surface area contributed by atoms with E-state index in [2.05, 4.69) is 13.8 Å². The Kier molecular flexibility index (Phi) is 9.38. The molecule has 0 aliphatic rings. The van der Waals surface area contributed by atoms with E-state index in [1.54, 1.807) is 0 Å². The summed E-state index contributed by atoms with van der Waals surface area (Å²) in [6.07, 6.45) is 6.23. The van der Waals surface area contributed by atoms with Crippen molar-refractivity contribution in [3.05, 3.63) is 0 Å². The maximum absolute atomic E-state index is 10.7. The molecule has 0 spiro atoms. The summed E-state index contributed by atoms with van der Waals surface area (Å²) in [5.74, 6) is 0. The van der Waals surface area contributed by atoms with E-state index in [-0.39, 0.29) is 0 Å². The van der Waals surface area contributed by atoms with Crippen LogP contribution in [0.5, 0.6) is 0 Å². The van der Waals surface area contributed by atoms with Crippen molar-refractivity contribution in [3.63, 3.8) is 0 Å². The van der Waals surface area contributed by atoms with Gasteiger partial charge in [-0.1, -0.05) is 39.5 Å². The second-order valence-corrected chi connectivity index (χ2v) is 3.77. The highest BCUT2D eigenvalue weighted by atomic mass is 16.5. The lowest BCUT2D eigenvalue weighted by Crippen LogP contribution is -2.24. The van der Waals surface area contributed by atoms with E-state index in [0.29, 0.717) is 0 Å². The third kappa shape index (κ3) is 7.25. The summed E-state index contributed by atoms with van der Waals surface area (Å²) in [5.41, 5.74) is 0. The van der Waals surface area contributed by atoms with Crippen LogP contribution in [0.25, 0.3) is 0 Å². The van der Waals surface area contributed by atoms with Gasteiger partial charge < -0.3 is 14.3 Å². The van der Waals surface area contributed by atoms with Crippen LogP contribution in [-0.4, -0.2) is 24.8 Å². The molecule has 0 aromatic carbocycles. The standard InChI is InChI=1S/C12H22O3/c1-3-5-7-11(9-13)15-12(10-14)8-6-4-2/h9-12H,3-8H2,1-2H3. The molecule has 15 heavy (non-hydrogen) atoms. The Hall–Kier alpha value is -0.700. The number of carbonyl (C=O) groups is 2. The maximum atomic E-state index is 10.7. The summed E-state index contributed by atoms with van der Waals surface area (Å²) in [4.78, 5) is 21.4. The topological polar surface area (TPSA) is 43.4 Å². The fourth-order valence-electron chi connectivity index (χ4n) is 1.37. The van der Waals surface area contributed by atoms with E-state index in [1.165, 1.54) is 0 Å². The van der Waals surface area contributed by atoms with Gasteiger partial charge >= 0.3 is 0 Å². The Morgan fingerprint density at radius 2 is 1.33 bits per heavy atom. The van der Waals surface area contributed by atoms with Gasteiger partial charge in [0.15, 0.2) is 0 Å². The molecule has 2 unspecified atom stereocenters. The van der Waals surface area contributed by atoms with Gasteiger partial charge in [-0.25, -0.2) is 0 Å². The van der Waals surface area contributed by atoms with E-state index in [4.69, 9.17) is 4.74 Å². The minimum atomic E-state index is -0.406. The molecule has 88 valence electrons. The molecule has 0 saturated heterocycles. The Morgan fingerprint density at radius 3 is 1.60 bits per heavy atom. The van der Waals surface area contributed by atoms with E-state index in [1.807, 2.05) is 0 Å². The zero-order valence-corrected chi connectivity index (χ0v) is 9.78. The van der Waals surface area contributed by atoms with E-state index >= 15 is 0 Å². The van der Waals surface area contributed by atoms with Crippen molar-refractivity contribution < 1.29 is 14.3 Å². The highest BCUT2D eigenvalue weighted by Crippen LogP contribution is 2.09. The summed E-state index contributed by atoms with van der Waals surface area (Å²) < 4.78 is 5.42. The van der Waals surface area contributed by atoms with Crippen LogP contribution in [0.4, 0.5) is 0 Å². The zero-order chi connectivity index (χ0) is 11.5. The van der Waals surface area contributed by atoms with Crippen molar-refractivity contribution in [1.82, 2.24) is 0 Å². The molecule has 0 aliphatic heterocycles. The number of aldehydes is 2. The monoisotopic (exact) mass is 214 g/mol. The number of hydrogen-bond acceptors (Lipinski definition) is 3. The van der Waals surface area contributed by atoms with Crippen LogP contribution >= 0.6 is 0 Å². The lowest BCUT2D eigenvalue weighted by atomic mass is 10.1. The van der Waals surface area contributed by atoms with Crippen molar-refractivity contribution >= 4 is 12.6 Å². The number of ether oxygens (including phenoxy) is 1. The highest BCUT2D eigenvalue weighted by Gasteiger charge is 2.14. The Balaban J connectivity index is 3.88. The summed E-state index contributed by atoms with van der Waals surface area (Å²) in [6, 6.07) is 0. The fourth-order valence-corrected chi connectivity index (χ4v) is 1.37. The quantitative estimate of drug-likeness (QED) is 0.525. The van der Waals surface area contributed by atoms with Crippen LogP contribution in [-0.2, 0) is 14.3 Å². The molecule has 0 aliphatic carbocycles. The molecular formula is C12H22O3. The lowest BCUT2D eigenvalue weighted by Gasteiger charge is -2.16. The van der Waals surface area contributed by atoms with Crippen molar-refractivity contribution in [2.24, 2.45) is 0 Å². The summed E-state index contributed by atoms with van der Waals surface area (Å²) in [6.45, 7) is 4.13. The first kappa shape index (κ1) is 14.3. The first-order chi connectivity index (χ1) is 7.28. The van der Waals surface area contributed by atoms with Crippen molar-refractivity contribution in [1.29, 1.82) is 0 Å². The molecule has 0 aromatic rings. The summed E-state index contributed by atoms with van der Waals surface area (Å²) in [5, 5.41) is 0. The predicted octanol–water partition coefficient (Wildman–Crippen LogP) is 2.52. The predicted molar refractivity (Wildman–Crippen MR) is 59.8 cm³/mol. The first-order valence-electron chi connectivity index (χ1n) is 5.84. The average molecular weight is 214 g/mol. The number of hydrogen-bond donors (Lipinski definition) is 0. The van der Waals surface area contributed by atoms with Gasteiger partial charge in [0.05, 0.1) is 0 Å². The summed E-state index contributed by atoms with van der Waals surface area (Å²) in [7, 11) is 0. The van der Waals surface area contributed by atoms with Gasteiger partial charge in [0.25, 0.3) is 0 Å². The second kappa shape index (κ2) is 9.84. The molecule has 3 nitrogen and oxygen atoms in total. The second-order valence-electron chi connectivity index (χ2n) is 3.77. The maximum Gasteiger partial charge on any atom is 0.148 e. The molecule has 0 N–H and O–H groups in total. The van der Waals surface area contributed by atoms with Gasteiger partial charge in [-0.3, -0.25) is 0 Å². The number of carbonyl (C=O) groups excluding carboxylic acids is 2. The molecule has 0 rings (SSSR count). The van der Waals surface area contributed by atoms with Crippen molar-refractivity contribution in [3.8, 4) is 0 Å². The van der Waals surface area contributed by atoms with Crippen LogP contribution < -0.4 is 0 Å². The molecule has 0 radical (unpaired) electrons. The normalized spacial score (nSPS) is 14.5. The van der Waals surface area contributed by atoms with E-state index in [9.17, 15) is 9.59 Å². The minimum absolute atomic E-state index is 0.406. The Morgan fingerprint density at radius 1 is 0.933 bits per heavy atom. The average Bonchev–Trinajstić information content (AvgIpc) is 2.28. The molecule has 0 bridgehead atoms. The van der Waals surface area contributed by atoms with E-state index < -0.39 is 12.2 Å². The van der Waals surface area contributed by atoms with Crippen LogP contribution in [0.3, 0.4) is 0 Å². The fraction of sp³-hybridized carbons (Fsp3) is 0.833. The number of unbranched alkanes of at least 4 members (excludes halogenated alkanes) is 2. The SMILES string of the molecule is CCCCC(C=O)OC(C=O)CCCC. The molecule has 2 atom stereocenters. The molecular weight excluding hydrogens is 192 g/mol. The van der Waals surface area contributed by atoms with Gasteiger partial charge in [-0.2, -0.15) is 0 Å². The summed E-state index contributed by atoms with van der Waals surface area (Å²) >= 11 is 0. The van der Waals surface area contributed by atoms with Gasteiger partial charge in [-0.15, -0.1) is 0 Å². The number of rotatable bonds is 10. The van der Waals surface area contributed by atoms with Crippen LogP contribution in [0.2, 0.25) is 0 Å². The van der Waals surface area contributed by atoms with Crippen LogP contribution in [0, 0.1) is 0 Å². The molecule has 0 amide bonds. The first-order valence-corrected chi connectivity index (χ1v) is 5.84. The third-order valence-electron chi connectivity index (χ3n) is 2.34. The Labute approximate surface area is 92.2 Å². The molecule has 0 fully saturated rings. The van der Waals surface area contributed by atoms with Gasteiger partial charge in [0.2, 0.25) is 0 Å². The van der Waals surface area contributed by atoms with Crippen LogP contribution in [0.1, 0.15) is 52.4 Å². The highest BCUT2D eigenvalue weighted by molar-refractivity contribution is 5.59. The lowest BCUT2D eigenvalue weighted by molar-refractivity contribution is -0.130. The van der Waals surface area contributed by atoms with Gasteiger partial charge in [-0.05, 0) is 12.8 Å². The van der Waals surface area contributed by atoms with E-state index in [0.717, 1.165) is 51.1 Å². The molecule has 0 heterocycles. The van der Waals surface area contributed by atoms with Crippen molar-refractivity contribution in [2.75, 3.05) is 0 Å². The molecule has 3 heteroatoms. The van der Waals surface area contributed by atoms with Crippen LogP contribution in [0.15, 0.2) is 0 Å². The molecule has 0 aromatic heterocycles. The zero-order valence-electron chi connectivity index (χ0n) is 9.78. The van der Waals surface area contributed by atoms with Crippen molar-refractivity contribution in [2.45, 2.75) is 64.6 Å². The minimum Gasteiger partial charge on any atom is -0.360 e. The van der Waals surface area contributed by atoms with Gasteiger partial charge in [0.1, 0.15) is 24.8 Å². The largest absolute Gasteiger partial charge is 0.360 e. The molecule has 0 saturated carbocycles. The third-order valence-corrected chi connectivity index (χ3v) is 2.34. The Bertz CT molecular complexity index is 150.